The summed E-state index contributed by atoms with van der Waals surface area (Å²) in [5, 5.41) is 12.3. The van der Waals surface area contributed by atoms with E-state index in [0.29, 0.717) is 23.7 Å². The van der Waals surface area contributed by atoms with Crippen LogP contribution in [0.2, 0.25) is 0 Å². The molecule has 1 aliphatic rings. The van der Waals surface area contributed by atoms with Gasteiger partial charge in [-0.3, -0.25) is 4.79 Å². The van der Waals surface area contributed by atoms with Crippen molar-refractivity contribution in [3.05, 3.63) is 47.1 Å². The van der Waals surface area contributed by atoms with Crippen molar-refractivity contribution in [3.63, 3.8) is 0 Å². The van der Waals surface area contributed by atoms with Crippen LogP contribution in [0.5, 0.6) is 0 Å². The zero-order chi connectivity index (χ0) is 15.8. The summed E-state index contributed by atoms with van der Waals surface area (Å²) >= 11 is 1.15. The van der Waals surface area contributed by atoms with Gasteiger partial charge in [-0.05, 0) is 18.5 Å². The van der Waals surface area contributed by atoms with Crippen molar-refractivity contribution in [1.29, 1.82) is 0 Å². The highest BCUT2D eigenvalue weighted by Gasteiger charge is 2.34. The monoisotopic (exact) mass is 326 g/mol. The zero-order valence-electron chi connectivity index (χ0n) is 12.5. The Labute approximate surface area is 136 Å². The lowest BCUT2D eigenvalue weighted by molar-refractivity contribution is 0.0502. The van der Waals surface area contributed by atoms with Crippen molar-refractivity contribution in [2.45, 2.75) is 13.0 Å². The molecule has 0 spiro atoms. The summed E-state index contributed by atoms with van der Waals surface area (Å²) in [6, 6.07) is 10.1. The van der Waals surface area contributed by atoms with Gasteiger partial charge >= 0.3 is 0 Å². The molecule has 1 aliphatic heterocycles. The highest BCUT2D eigenvalue weighted by atomic mass is 32.1. The molecule has 2 aromatic heterocycles. The largest absolute Gasteiger partial charge is 0.333 e. The van der Waals surface area contributed by atoms with E-state index in [4.69, 9.17) is 0 Å². The van der Waals surface area contributed by atoms with Crippen LogP contribution in [0, 0.1) is 6.92 Å². The molecule has 8 heteroatoms. The normalized spacial score (nSPS) is 14.7. The molecule has 7 nitrogen and oxygen atoms in total. The second-order valence-corrected chi connectivity index (χ2v) is 6.26. The fourth-order valence-electron chi connectivity index (χ4n) is 2.56. The highest BCUT2D eigenvalue weighted by molar-refractivity contribution is 7.07. The maximum Gasteiger partial charge on any atom is 0.267 e. The van der Waals surface area contributed by atoms with Gasteiger partial charge in [0.1, 0.15) is 10.6 Å². The molecule has 23 heavy (non-hydrogen) atoms. The Bertz CT molecular complexity index is 837. The van der Waals surface area contributed by atoms with Crippen LogP contribution in [0.1, 0.15) is 21.4 Å². The number of hydrogen-bond acceptors (Lipinski definition) is 6. The third-order valence-corrected chi connectivity index (χ3v) is 4.77. The minimum atomic E-state index is -0.00264. The fraction of sp³-hybridized carbons (Fsp3) is 0.267. The minimum Gasteiger partial charge on any atom is -0.333 e. The van der Waals surface area contributed by atoms with Crippen molar-refractivity contribution >= 4 is 17.4 Å². The van der Waals surface area contributed by atoms with Gasteiger partial charge in [0.05, 0.1) is 17.9 Å². The summed E-state index contributed by atoms with van der Waals surface area (Å²) in [6.45, 7) is 3.07. The van der Waals surface area contributed by atoms with Crippen LogP contribution >= 0.6 is 11.5 Å². The van der Waals surface area contributed by atoms with Gasteiger partial charge in [-0.2, -0.15) is 0 Å². The van der Waals surface area contributed by atoms with E-state index in [2.05, 4.69) is 19.9 Å². The molecular formula is C15H14N6OS. The lowest BCUT2D eigenvalue weighted by Gasteiger charge is -2.38. The molecule has 1 saturated heterocycles. The van der Waals surface area contributed by atoms with Crippen LogP contribution < -0.4 is 0 Å². The zero-order valence-corrected chi connectivity index (χ0v) is 13.3. The number of amides is 1. The topological polar surface area (TPSA) is 76.8 Å². The number of carbonyl (C=O) groups excluding carboxylic acids is 1. The lowest BCUT2D eigenvalue weighted by atomic mass is 10.1. The van der Waals surface area contributed by atoms with Crippen molar-refractivity contribution in [2.24, 2.45) is 0 Å². The number of likely N-dealkylation sites (tertiary alicyclic amines) is 1. The van der Waals surface area contributed by atoms with Gasteiger partial charge in [-0.25, -0.2) is 4.68 Å². The molecule has 1 fully saturated rings. The fourth-order valence-corrected chi connectivity index (χ4v) is 3.18. The van der Waals surface area contributed by atoms with E-state index < -0.39 is 0 Å². The Morgan fingerprint density at radius 1 is 1.22 bits per heavy atom. The van der Waals surface area contributed by atoms with E-state index in [0.717, 1.165) is 22.8 Å². The summed E-state index contributed by atoms with van der Waals surface area (Å²) in [6.07, 6.45) is 1.93. The molecule has 4 rings (SSSR count). The minimum absolute atomic E-state index is 0.00264. The van der Waals surface area contributed by atoms with Crippen molar-refractivity contribution in [3.8, 4) is 11.3 Å². The first-order chi connectivity index (χ1) is 11.2. The van der Waals surface area contributed by atoms with Crippen LogP contribution in [0.3, 0.4) is 0 Å². The van der Waals surface area contributed by atoms with E-state index in [1.54, 1.807) is 11.8 Å². The Hall–Kier alpha value is -2.61. The first kappa shape index (κ1) is 14.0. The number of aromatic nitrogens is 5. The van der Waals surface area contributed by atoms with E-state index in [-0.39, 0.29) is 11.9 Å². The second-order valence-electron chi connectivity index (χ2n) is 5.50. The van der Waals surface area contributed by atoms with E-state index in [1.165, 1.54) is 0 Å². The average Bonchev–Trinajstić information content (AvgIpc) is 3.16. The third kappa shape index (κ3) is 2.50. The molecule has 0 radical (unpaired) electrons. The molecule has 0 bridgehead atoms. The van der Waals surface area contributed by atoms with Gasteiger partial charge in [-0.15, -0.1) is 10.2 Å². The van der Waals surface area contributed by atoms with Gasteiger partial charge in [0.25, 0.3) is 5.91 Å². The Kier molecular flexibility index (Phi) is 3.38. The van der Waals surface area contributed by atoms with Crippen LogP contribution in [-0.4, -0.2) is 48.5 Å². The lowest BCUT2D eigenvalue weighted by Crippen LogP contribution is -2.50. The standard InChI is InChI=1S/C15H14N6OS/c1-10-14(23-19-16-10)15(22)20-7-12(8-20)21-9-13(17-18-21)11-5-3-2-4-6-11/h2-6,9,12H,7-8H2,1H3. The summed E-state index contributed by atoms with van der Waals surface area (Å²) in [4.78, 5) is 14.7. The predicted octanol–water partition coefficient (Wildman–Crippen LogP) is 1.80. The number of hydrogen-bond donors (Lipinski definition) is 0. The highest BCUT2D eigenvalue weighted by Crippen LogP contribution is 2.25. The van der Waals surface area contributed by atoms with Gasteiger partial charge in [0.2, 0.25) is 0 Å². The molecule has 0 unspecified atom stereocenters. The van der Waals surface area contributed by atoms with Crippen molar-refractivity contribution < 1.29 is 4.79 Å². The van der Waals surface area contributed by atoms with Crippen LogP contribution in [0.15, 0.2) is 36.5 Å². The van der Waals surface area contributed by atoms with Gasteiger partial charge < -0.3 is 4.90 Å². The van der Waals surface area contributed by atoms with Crippen molar-refractivity contribution in [2.75, 3.05) is 13.1 Å². The number of rotatable bonds is 3. The Balaban J connectivity index is 1.44. The first-order valence-corrected chi connectivity index (χ1v) is 8.05. The number of aryl methyl sites for hydroxylation is 1. The average molecular weight is 326 g/mol. The van der Waals surface area contributed by atoms with Crippen LogP contribution in [0.25, 0.3) is 11.3 Å². The van der Waals surface area contributed by atoms with Crippen molar-refractivity contribution in [1.82, 2.24) is 29.5 Å². The quantitative estimate of drug-likeness (QED) is 0.733. The second kappa shape index (κ2) is 5.54. The van der Waals surface area contributed by atoms with Gasteiger partial charge in [0, 0.05) is 18.7 Å². The summed E-state index contributed by atoms with van der Waals surface area (Å²) in [7, 11) is 0. The smallest absolute Gasteiger partial charge is 0.267 e. The molecule has 0 aliphatic carbocycles. The molecule has 0 saturated carbocycles. The van der Waals surface area contributed by atoms with Crippen LogP contribution in [-0.2, 0) is 0 Å². The third-order valence-electron chi connectivity index (χ3n) is 3.95. The molecular weight excluding hydrogens is 312 g/mol. The first-order valence-electron chi connectivity index (χ1n) is 7.28. The molecule has 3 heterocycles. The Morgan fingerprint density at radius 2 is 2.00 bits per heavy atom. The van der Waals surface area contributed by atoms with Gasteiger partial charge in [0.15, 0.2) is 0 Å². The van der Waals surface area contributed by atoms with E-state index in [9.17, 15) is 4.79 Å². The van der Waals surface area contributed by atoms with Gasteiger partial charge in [-0.1, -0.05) is 40.0 Å². The molecule has 116 valence electrons. The Morgan fingerprint density at radius 3 is 2.70 bits per heavy atom. The van der Waals surface area contributed by atoms with E-state index >= 15 is 0 Å². The number of carbonyl (C=O) groups is 1. The maximum absolute atomic E-state index is 12.3. The number of nitrogens with zero attached hydrogens (tertiary/aromatic N) is 6. The molecule has 0 atom stereocenters. The maximum atomic E-state index is 12.3. The number of benzene rings is 1. The predicted molar refractivity (Wildman–Crippen MR) is 85.0 cm³/mol. The summed E-state index contributed by atoms with van der Waals surface area (Å²) < 4.78 is 5.65. The summed E-state index contributed by atoms with van der Waals surface area (Å²) in [5.74, 6) is -0.00264. The van der Waals surface area contributed by atoms with Crippen LogP contribution in [0.4, 0.5) is 0 Å². The molecule has 3 aromatic rings. The molecule has 1 aromatic carbocycles. The van der Waals surface area contributed by atoms with E-state index in [1.807, 2.05) is 41.2 Å². The molecule has 0 N–H and O–H groups in total. The summed E-state index contributed by atoms with van der Waals surface area (Å²) in [5.41, 5.74) is 2.57. The molecule has 1 amide bonds. The SMILES string of the molecule is Cc1nnsc1C(=O)N1CC(n2cc(-c3ccccc3)nn2)C1.